The molecule has 0 aliphatic heterocycles. The molecule has 0 nitrogen and oxygen atoms in total. The van der Waals surface area contributed by atoms with E-state index >= 15 is 0 Å². The van der Waals surface area contributed by atoms with Gasteiger partial charge in [-0.05, 0) is 0 Å². The van der Waals surface area contributed by atoms with Gasteiger partial charge in [0.15, 0.2) is 15.2 Å². The first-order chi connectivity index (χ1) is 4.88. The third-order valence-electron chi connectivity index (χ3n) is 0. The van der Waals surface area contributed by atoms with Crippen molar-refractivity contribution >= 4 is 57.2 Å². The van der Waals surface area contributed by atoms with Gasteiger partial charge in [-0.3, -0.25) is 0 Å². The van der Waals surface area contributed by atoms with Crippen LogP contribution < -0.4 is 0 Å². The van der Waals surface area contributed by atoms with E-state index in [0.717, 1.165) is 15.2 Å². The monoisotopic (exact) mass is 324 g/mol. The minimum absolute atomic E-state index is 0. The molecule has 0 saturated heterocycles. The van der Waals surface area contributed by atoms with Crippen LogP contribution in [0.1, 0.15) is 0 Å². The molecule has 0 aromatic heterocycles. The van der Waals surface area contributed by atoms with Gasteiger partial charge in [-0.25, -0.2) is 0 Å². The minimum atomic E-state index is 0. The smallest absolute Gasteiger partial charge is 0.115 e. The van der Waals surface area contributed by atoms with Crippen molar-refractivity contribution in [3.63, 3.8) is 0 Å². The first-order valence-corrected chi connectivity index (χ1v) is 12.5. The van der Waals surface area contributed by atoms with Crippen LogP contribution in [0.3, 0.4) is 0 Å². The Morgan fingerprint density at radius 3 is 0.667 bits per heavy atom. The van der Waals surface area contributed by atoms with Crippen LogP contribution in [0.5, 0.6) is 0 Å². The second-order valence-corrected chi connectivity index (χ2v) is 10.7. The summed E-state index contributed by atoms with van der Waals surface area (Å²) in [6, 6.07) is 0. The standard InChI is InChI=1S/2C3H9Si.2CH3.Al.Sb/c2*1-4(2)3;;;;/h2*1-3H3;2*1H3;;. The maximum atomic E-state index is 2.27. The number of hydrogen-bond donors (Lipinski definition) is 0. The molecule has 0 aliphatic rings. The van der Waals surface area contributed by atoms with Crippen LogP contribution in [0.4, 0.5) is 0 Å². The molecule has 0 spiro atoms. The van der Waals surface area contributed by atoms with Gasteiger partial charge >= 0.3 is 0 Å². The maximum Gasteiger partial charge on any atom is 0.191 e. The fourth-order valence-electron chi connectivity index (χ4n) is 0. The molecule has 0 saturated carbocycles. The van der Waals surface area contributed by atoms with Crippen molar-refractivity contribution in [2.45, 2.75) is 50.9 Å². The van der Waals surface area contributed by atoms with E-state index in [1.54, 1.807) is 0 Å². The van der Waals surface area contributed by atoms with Crippen LogP contribution in [0.25, 0.3) is 0 Å². The van der Waals surface area contributed by atoms with Crippen LogP contribution in [-0.2, 0) is 0 Å². The Morgan fingerprint density at radius 2 is 0.667 bits per heavy atom. The molecule has 0 bridgehead atoms. The molecule has 0 amide bonds. The average Bonchev–Trinajstić information content (AvgIpc) is 1.60. The molecule has 0 aliphatic carbocycles. The predicted octanol–water partition coefficient (Wildman–Crippen LogP) is 3.15. The van der Waals surface area contributed by atoms with Crippen LogP contribution in [-0.4, -0.2) is 57.2 Å². The summed E-state index contributed by atoms with van der Waals surface area (Å²) >= 11 is 0.750. The van der Waals surface area contributed by atoms with Crippen molar-refractivity contribution < 1.29 is 0 Å². The normalized spacial score (nSPS) is 7.17. The fraction of sp³-hybridized carbons (Fsp3) is 1.00. The van der Waals surface area contributed by atoms with Crippen molar-refractivity contribution in [3.8, 4) is 0 Å². The molecule has 12 heavy (non-hydrogen) atoms. The molecule has 0 aromatic rings. The van der Waals surface area contributed by atoms with Gasteiger partial charge in [-0.1, -0.05) is 39.3 Å². The third kappa shape index (κ3) is 430. The van der Waals surface area contributed by atoms with E-state index in [4.69, 9.17) is 0 Å². The topological polar surface area (TPSA) is 0 Å². The van der Waals surface area contributed by atoms with Gasteiger partial charge in [-0.15, -0.1) is 11.6 Å². The van der Waals surface area contributed by atoms with Gasteiger partial charge in [0.1, 0.15) is 0 Å². The Morgan fingerprint density at radius 1 is 0.667 bits per heavy atom. The Labute approximate surface area is 107 Å². The molecule has 6 radical (unpaired) electrons. The van der Waals surface area contributed by atoms with Crippen LogP contribution in [0.2, 0.25) is 50.9 Å². The Hall–Kier alpha value is 1.78. The molecular weight excluding hydrogens is 301 g/mol. The molecule has 0 fully saturated rings. The van der Waals surface area contributed by atoms with E-state index < -0.39 is 0 Å². The molecule has 72 valence electrons. The van der Waals surface area contributed by atoms with Gasteiger partial charge in [-0.2, -0.15) is 0 Å². The molecular formula is C8H24AlSbSi2. The summed E-state index contributed by atoms with van der Waals surface area (Å²) in [6.07, 6.45) is 0. The molecule has 0 atom stereocenters. The van der Waals surface area contributed by atoms with E-state index in [1.807, 2.05) is 0 Å². The van der Waals surface area contributed by atoms with Gasteiger partial charge in [0.2, 0.25) is 0 Å². The van der Waals surface area contributed by atoms with Gasteiger partial charge < -0.3 is 0 Å². The zero-order valence-corrected chi connectivity index (χ0v) is 15.7. The summed E-state index contributed by atoms with van der Waals surface area (Å²) in [6.45, 7) is 13.6. The Balaban J connectivity index is -0.0000000389. The molecule has 0 heterocycles. The van der Waals surface area contributed by atoms with E-state index in [0.29, 0.717) is 0 Å². The quantitative estimate of drug-likeness (QED) is 0.600. The average molecular weight is 325 g/mol. The van der Waals surface area contributed by atoms with Crippen LogP contribution in [0, 0.1) is 0 Å². The van der Waals surface area contributed by atoms with Crippen LogP contribution >= 0.6 is 0 Å². The number of rotatable bonds is 0. The predicted molar refractivity (Wildman–Crippen MR) is 69.9 cm³/mol. The molecule has 0 N–H and O–H groups in total. The Kier molecular flexibility index (Phi) is 45.1. The molecule has 0 unspecified atom stereocenters. The minimum Gasteiger partial charge on any atom is -0.115 e. The van der Waals surface area contributed by atoms with E-state index in [-0.39, 0.29) is 42.0 Å². The van der Waals surface area contributed by atoms with Gasteiger partial charge in [0, 0.05) is 42.0 Å². The van der Waals surface area contributed by atoms with E-state index in [2.05, 4.69) is 50.9 Å². The van der Waals surface area contributed by atoms with Crippen molar-refractivity contribution in [1.29, 1.82) is 0 Å². The summed E-state index contributed by atoms with van der Waals surface area (Å²) in [5, 5.41) is 0. The first kappa shape index (κ1) is 23.5. The fourth-order valence-corrected chi connectivity index (χ4v) is 0. The largest absolute Gasteiger partial charge is 0.191 e. The summed E-state index contributed by atoms with van der Waals surface area (Å²) in [5.74, 6) is 4.42. The van der Waals surface area contributed by atoms with Gasteiger partial charge in [0.05, 0.1) is 0 Å². The third-order valence-corrected chi connectivity index (χ3v) is 0. The molecule has 4 heteroatoms. The Bertz CT molecular complexity index is 40.8. The SMILES string of the molecule is C[Si](C)C.C[Si](C)C.[CH3][Al][CH3].[Sb]. The zero-order chi connectivity index (χ0) is 9.86. The van der Waals surface area contributed by atoms with Crippen molar-refractivity contribution in [3.05, 3.63) is 0 Å². The summed E-state index contributed by atoms with van der Waals surface area (Å²) in [4.78, 5) is 0. The zero-order valence-electron chi connectivity index (χ0n) is 10.0. The maximum absolute atomic E-state index is 2.27. The van der Waals surface area contributed by atoms with Crippen molar-refractivity contribution in [2.75, 3.05) is 0 Å². The second kappa shape index (κ2) is 23.0. The summed E-state index contributed by atoms with van der Waals surface area (Å²) in [5.41, 5.74) is 0. The molecule has 0 rings (SSSR count). The second-order valence-electron chi connectivity index (χ2n) is 3.58. The van der Waals surface area contributed by atoms with Gasteiger partial charge in [0.25, 0.3) is 0 Å². The van der Waals surface area contributed by atoms with E-state index in [1.165, 1.54) is 0 Å². The number of hydrogen-bond acceptors (Lipinski definition) is 0. The summed E-state index contributed by atoms with van der Waals surface area (Å²) < 4.78 is 0. The first-order valence-electron chi connectivity index (χ1n) is 4.15. The van der Waals surface area contributed by atoms with Crippen molar-refractivity contribution in [1.82, 2.24) is 0 Å². The summed E-state index contributed by atoms with van der Waals surface area (Å²) in [7, 11) is 0.241. The van der Waals surface area contributed by atoms with Crippen molar-refractivity contribution in [2.24, 2.45) is 0 Å². The molecule has 0 aromatic carbocycles. The van der Waals surface area contributed by atoms with E-state index in [9.17, 15) is 0 Å². The van der Waals surface area contributed by atoms with Crippen LogP contribution in [0.15, 0.2) is 0 Å².